The Kier molecular flexibility index (Phi) is 9.73. The highest BCUT2D eigenvalue weighted by Gasteiger charge is 2.17. The van der Waals surface area contributed by atoms with Crippen molar-refractivity contribution >= 4 is 23.4 Å². The van der Waals surface area contributed by atoms with Crippen LogP contribution in [0.3, 0.4) is 0 Å². The molecule has 0 saturated heterocycles. The van der Waals surface area contributed by atoms with Crippen LogP contribution in [0.25, 0.3) is 0 Å². The number of nitrogens with zero attached hydrogens (tertiary/aromatic N) is 1. The number of hydrogen-bond acceptors (Lipinski definition) is 6. The van der Waals surface area contributed by atoms with Crippen LogP contribution in [0, 0.1) is 12.3 Å². The van der Waals surface area contributed by atoms with Crippen LogP contribution >= 0.6 is 0 Å². The maximum absolute atomic E-state index is 13.2. The van der Waals surface area contributed by atoms with Crippen molar-refractivity contribution < 1.29 is 24.5 Å². The Morgan fingerprint density at radius 2 is 1.87 bits per heavy atom. The van der Waals surface area contributed by atoms with Gasteiger partial charge in [0.1, 0.15) is 11.6 Å². The van der Waals surface area contributed by atoms with Crippen molar-refractivity contribution in [2.24, 2.45) is 12.8 Å². The summed E-state index contributed by atoms with van der Waals surface area (Å²) in [6.45, 7) is 6.03. The molecule has 0 fully saturated rings. The van der Waals surface area contributed by atoms with E-state index in [4.69, 9.17) is 15.9 Å². The Morgan fingerprint density at radius 3 is 2.49 bits per heavy atom. The van der Waals surface area contributed by atoms with Gasteiger partial charge >= 0.3 is 5.97 Å². The molecule has 208 valence electrons. The number of nitrogens with two attached hydrogens (primary N) is 1. The maximum atomic E-state index is 13.2. The SMILES string of the molecule is Cc1ccc(NCc2cc(CO)cc(OC(C)C)c2CCC(=O)O)c(C(=O)NCc2ccc(C(=N)N)n2C)c1. The number of aryl methyl sites for hydroxylation is 1. The standard InChI is InChI=1S/C29H37N5O5/c1-17(2)39-26-13-19(16-35)12-20(22(26)7-10-27(36)37)14-32-24-8-5-18(3)11-23(24)29(38)33-15-21-6-9-25(28(30)31)34(21)4/h5-6,8-9,11-13,17,32,35H,7,10,14-16H2,1-4H3,(H3,30,31)(H,33,38)(H,36,37). The Labute approximate surface area is 228 Å². The third-order valence-corrected chi connectivity index (χ3v) is 6.32. The first-order chi connectivity index (χ1) is 18.5. The van der Waals surface area contributed by atoms with E-state index in [-0.39, 0.29) is 43.8 Å². The first-order valence-corrected chi connectivity index (χ1v) is 12.8. The van der Waals surface area contributed by atoms with Gasteiger partial charge in [0.05, 0.1) is 30.5 Å². The molecule has 0 bridgehead atoms. The van der Waals surface area contributed by atoms with Gasteiger partial charge in [0, 0.05) is 31.4 Å². The number of aliphatic hydroxyl groups excluding tert-OH is 1. The second kappa shape index (κ2) is 13.0. The molecule has 39 heavy (non-hydrogen) atoms. The normalized spacial score (nSPS) is 10.9. The number of carboxylic acids is 1. The van der Waals surface area contributed by atoms with E-state index in [1.807, 2.05) is 45.0 Å². The number of aromatic nitrogens is 1. The van der Waals surface area contributed by atoms with Crippen molar-refractivity contribution in [1.29, 1.82) is 5.41 Å². The number of carbonyl (C=O) groups is 2. The zero-order valence-electron chi connectivity index (χ0n) is 22.8. The highest BCUT2D eigenvalue weighted by atomic mass is 16.5. The number of nitrogens with one attached hydrogen (secondary N) is 3. The molecule has 0 atom stereocenters. The van der Waals surface area contributed by atoms with Crippen molar-refractivity contribution in [2.45, 2.75) is 59.4 Å². The van der Waals surface area contributed by atoms with Gasteiger partial charge in [0.2, 0.25) is 0 Å². The van der Waals surface area contributed by atoms with E-state index in [0.29, 0.717) is 34.8 Å². The van der Waals surface area contributed by atoms with Crippen LogP contribution in [0.15, 0.2) is 42.5 Å². The van der Waals surface area contributed by atoms with Gasteiger partial charge in [-0.2, -0.15) is 0 Å². The molecule has 7 N–H and O–H groups in total. The summed E-state index contributed by atoms with van der Waals surface area (Å²) < 4.78 is 7.74. The van der Waals surface area contributed by atoms with Gasteiger partial charge in [-0.25, -0.2) is 0 Å². The fourth-order valence-corrected chi connectivity index (χ4v) is 4.35. The van der Waals surface area contributed by atoms with Crippen LogP contribution in [0.5, 0.6) is 5.75 Å². The molecule has 2 aromatic carbocycles. The second-order valence-electron chi connectivity index (χ2n) is 9.72. The third kappa shape index (κ3) is 7.61. The molecule has 10 nitrogen and oxygen atoms in total. The zero-order valence-corrected chi connectivity index (χ0v) is 22.8. The number of benzene rings is 2. The molecular formula is C29H37N5O5. The number of aliphatic carboxylic acids is 1. The number of carboxylic acid groups (broad SMARTS) is 1. The summed E-state index contributed by atoms with van der Waals surface area (Å²) in [6, 6.07) is 12.7. The fourth-order valence-electron chi connectivity index (χ4n) is 4.35. The van der Waals surface area contributed by atoms with Crippen LogP contribution in [-0.4, -0.2) is 38.6 Å². The molecule has 0 aliphatic heterocycles. The summed E-state index contributed by atoms with van der Waals surface area (Å²) in [7, 11) is 1.79. The largest absolute Gasteiger partial charge is 0.491 e. The number of rotatable bonds is 13. The lowest BCUT2D eigenvalue weighted by Crippen LogP contribution is -2.26. The number of nitrogen functional groups attached to an aromatic ring is 1. The van der Waals surface area contributed by atoms with Gasteiger partial charge in [0.25, 0.3) is 5.91 Å². The number of carbonyl (C=O) groups excluding carboxylic acids is 1. The summed E-state index contributed by atoms with van der Waals surface area (Å²) in [5, 5.41) is 33.0. The van der Waals surface area contributed by atoms with Crippen molar-refractivity contribution in [2.75, 3.05) is 5.32 Å². The molecule has 10 heteroatoms. The van der Waals surface area contributed by atoms with Gasteiger partial charge in [-0.05, 0) is 74.2 Å². The Balaban J connectivity index is 1.86. The highest BCUT2D eigenvalue weighted by molar-refractivity contribution is 6.00. The van der Waals surface area contributed by atoms with E-state index in [0.717, 1.165) is 22.4 Å². The topological polar surface area (TPSA) is 163 Å². The predicted octanol–water partition coefficient (Wildman–Crippen LogP) is 3.46. The van der Waals surface area contributed by atoms with Crippen molar-refractivity contribution in [1.82, 2.24) is 9.88 Å². The molecule has 1 amide bonds. The Bertz CT molecular complexity index is 1360. The van der Waals surface area contributed by atoms with Gasteiger partial charge in [-0.1, -0.05) is 17.7 Å². The first-order valence-electron chi connectivity index (χ1n) is 12.8. The molecule has 0 spiro atoms. The van der Waals surface area contributed by atoms with E-state index >= 15 is 0 Å². The number of ether oxygens (including phenoxy) is 1. The minimum atomic E-state index is -0.915. The Morgan fingerprint density at radius 1 is 1.13 bits per heavy atom. The highest BCUT2D eigenvalue weighted by Crippen LogP contribution is 2.29. The quantitative estimate of drug-likeness (QED) is 0.144. The number of aliphatic hydroxyl groups is 1. The first kappa shape index (κ1) is 29.2. The molecule has 0 saturated carbocycles. The van der Waals surface area contributed by atoms with E-state index in [1.54, 1.807) is 29.8 Å². The third-order valence-electron chi connectivity index (χ3n) is 6.32. The Hall–Kier alpha value is -4.31. The maximum Gasteiger partial charge on any atom is 0.303 e. The predicted molar refractivity (Wildman–Crippen MR) is 150 cm³/mol. The van der Waals surface area contributed by atoms with E-state index in [1.165, 1.54) is 0 Å². The summed E-state index contributed by atoms with van der Waals surface area (Å²) in [5.41, 5.74) is 11.1. The fraction of sp³-hybridized carbons (Fsp3) is 0.345. The van der Waals surface area contributed by atoms with Gasteiger partial charge < -0.3 is 35.9 Å². The zero-order chi connectivity index (χ0) is 28.7. The van der Waals surface area contributed by atoms with E-state index in [9.17, 15) is 19.8 Å². The van der Waals surface area contributed by atoms with Crippen molar-refractivity contribution in [3.8, 4) is 5.75 Å². The molecule has 3 aromatic rings. The molecular weight excluding hydrogens is 498 g/mol. The molecule has 1 heterocycles. The number of hydrogen-bond donors (Lipinski definition) is 6. The van der Waals surface area contributed by atoms with E-state index in [2.05, 4.69) is 10.6 Å². The van der Waals surface area contributed by atoms with Gasteiger partial charge in [0.15, 0.2) is 0 Å². The molecule has 1 aromatic heterocycles. The second-order valence-corrected chi connectivity index (χ2v) is 9.72. The van der Waals surface area contributed by atoms with Gasteiger partial charge in [-0.3, -0.25) is 15.0 Å². The minimum Gasteiger partial charge on any atom is -0.491 e. The molecule has 0 radical (unpaired) electrons. The molecule has 3 rings (SSSR count). The average molecular weight is 536 g/mol. The van der Waals surface area contributed by atoms with Crippen molar-refractivity contribution in [3.05, 3.63) is 81.7 Å². The van der Waals surface area contributed by atoms with Crippen molar-refractivity contribution in [3.63, 3.8) is 0 Å². The van der Waals surface area contributed by atoms with Crippen LogP contribution in [-0.2, 0) is 38.0 Å². The number of anilines is 1. The summed E-state index contributed by atoms with van der Waals surface area (Å²) in [6.07, 6.45) is 0.0644. The lowest BCUT2D eigenvalue weighted by Gasteiger charge is -2.20. The van der Waals surface area contributed by atoms with Crippen LogP contribution in [0.4, 0.5) is 5.69 Å². The summed E-state index contributed by atoms with van der Waals surface area (Å²) in [5.74, 6) is -0.688. The van der Waals surface area contributed by atoms with Crippen LogP contribution < -0.4 is 21.1 Å². The number of amidine groups is 1. The smallest absolute Gasteiger partial charge is 0.303 e. The monoisotopic (exact) mass is 535 g/mol. The lowest BCUT2D eigenvalue weighted by atomic mass is 9.98. The average Bonchev–Trinajstić information content (AvgIpc) is 3.25. The minimum absolute atomic E-state index is 0.0461. The van der Waals surface area contributed by atoms with Crippen LogP contribution in [0.2, 0.25) is 0 Å². The molecule has 0 aliphatic carbocycles. The molecule has 0 unspecified atom stereocenters. The van der Waals surface area contributed by atoms with Crippen LogP contribution in [0.1, 0.15) is 64.3 Å². The van der Waals surface area contributed by atoms with E-state index < -0.39 is 5.97 Å². The molecule has 0 aliphatic rings. The summed E-state index contributed by atoms with van der Waals surface area (Å²) in [4.78, 5) is 24.6. The summed E-state index contributed by atoms with van der Waals surface area (Å²) >= 11 is 0. The number of amides is 1. The van der Waals surface area contributed by atoms with Gasteiger partial charge in [-0.15, -0.1) is 0 Å². The lowest BCUT2D eigenvalue weighted by molar-refractivity contribution is -0.136.